The normalized spacial score (nSPS) is 13.0. The highest BCUT2D eigenvalue weighted by atomic mass is 28.3. The number of rotatable bonds is 0. The summed E-state index contributed by atoms with van der Waals surface area (Å²) in [6, 6.07) is 9.33. The van der Waals surface area contributed by atoms with Crippen molar-refractivity contribution in [3.8, 4) is 22.9 Å². The minimum atomic E-state index is -1.50. The Balaban J connectivity index is 2.50. The molecule has 3 rings (SSSR count). The van der Waals surface area contributed by atoms with E-state index in [1.807, 2.05) is 0 Å². The van der Waals surface area contributed by atoms with E-state index in [4.69, 9.17) is 0 Å². The number of benzene rings is 2. The Morgan fingerprint density at radius 3 is 1.18 bits per heavy atom. The second-order valence-electron chi connectivity index (χ2n) is 13.5. The SMILES string of the molecule is CC(C)(C)c1cc(C#C[Si](C)(C)C)c2[nH]c3c(C#C[Si](C)(C)C)cc(C(C)(C)C)cc3c2c1. The second kappa shape index (κ2) is 8.23. The van der Waals surface area contributed by atoms with Crippen molar-refractivity contribution in [3.63, 3.8) is 0 Å². The van der Waals surface area contributed by atoms with Gasteiger partial charge in [0.25, 0.3) is 0 Å². The van der Waals surface area contributed by atoms with Gasteiger partial charge in [0.05, 0.1) is 11.0 Å². The lowest BCUT2D eigenvalue weighted by molar-refractivity contribution is 0.590. The quantitative estimate of drug-likeness (QED) is 0.250. The molecule has 0 amide bonds. The Kier molecular flexibility index (Phi) is 6.34. The third kappa shape index (κ3) is 6.03. The van der Waals surface area contributed by atoms with E-state index in [0.717, 1.165) is 22.2 Å². The Morgan fingerprint density at radius 1 is 0.576 bits per heavy atom. The first kappa shape index (κ1) is 25.4. The topological polar surface area (TPSA) is 15.8 Å². The molecule has 1 nitrogen and oxygen atoms in total. The van der Waals surface area contributed by atoms with Crippen LogP contribution in [0.5, 0.6) is 0 Å². The van der Waals surface area contributed by atoms with Crippen LogP contribution < -0.4 is 0 Å². The van der Waals surface area contributed by atoms with Gasteiger partial charge in [-0.25, -0.2) is 0 Å². The van der Waals surface area contributed by atoms with Crippen molar-refractivity contribution in [3.05, 3.63) is 46.5 Å². The average molecular weight is 472 g/mol. The zero-order chi connectivity index (χ0) is 25.0. The first-order valence-electron chi connectivity index (χ1n) is 12.1. The van der Waals surface area contributed by atoms with Crippen LogP contribution in [0, 0.1) is 22.9 Å². The van der Waals surface area contributed by atoms with Gasteiger partial charge in [-0.1, -0.05) is 92.7 Å². The molecule has 0 aliphatic heterocycles. The lowest BCUT2D eigenvalue weighted by Gasteiger charge is -2.21. The molecule has 3 heteroatoms. The lowest BCUT2D eigenvalue weighted by atomic mass is 9.83. The number of aromatic nitrogens is 1. The molecule has 2 aromatic carbocycles. The van der Waals surface area contributed by atoms with Crippen molar-refractivity contribution in [2.75, 3.05) is 0 Å². The van der Waals surface area contributed by atoms with Gasteiger partial charge in [-0.15, -0.1) is 11.1 Å². The van der Waals surface area contributed by atoms with Crippen LogP contribution in [-0.2, 0) is 10.8 Å². The van der Waals surface area contributed by atoms with E-state index >= 15 is 0 Å². The highest BCUT2D eigenvalue weighted by Crippen LogP contribution is 2.37. The second-order valence-corrected chi connectivity index (χ2v) is 23.0. The number of hydrogen-bond donors (Lipinski definition) is 1. The van der Waals surface area contributed by atoms with Gasteiger partial charge in [0.15, 0.2) is 0 Å². The summed E-state index contributed by atoms with van der Waals surface area (Å²) in [5.74, 6) is 7.15. The molecule has 0 fully saturated rings. The zero-order valence-corrected chi connectivity index (χ0v) is 24.8. The maximum atomic E-state index is 3.77. The molecule has 3 aromatic rings. The van der Waals surface area contributed by atoms with E-state index < -0.39 is 16.1 Å². The maximum absolute atomic E-state index is 3.77. The average Bonchev–Trinajstić information content (AvgIpc) is 3.00. The molecule has 1 aromatic heterocycles. The van der Waals surface area contributed by atoms with E-state index in [2.05, 4.69) is 133 Å². The van der Waals surface area contributed by atoms with Crippen LogP contribution in [0.3, 0.4) is 0 Å². The van der Waals surface area contributed by atoms with E-state index in [9.17, 15) is 0 Å². The minimum Gasteiger partial charge on any atom is -0.352 e. The van der Waals surface area contributed by atoms with Crippen LogP contribution in [0.1, 0.15) is 63.8 Å². The molecule has 0 saturated heterocycles. The zero-order valence-electron chi connectivity index (χ0n) is 22.8. The van der Waals surface area contributed by atoms with Gasteiger partial charge < -0.3 is 4.98 Å². The molecule has 0 bridgehead atoms. The van der Waals surface area contributed by atoms with Crippen molar-refractivity contribution in [1.82, 2.24) is 4.98 Å². The van der Waals surface area contributed by atoms with Crippen LogP contribution in [0.4, 0.5) is 0 Å². The third-order valence-corrected chi connectivity index (χ3v) is 7.44. The molecular weight excluding hydrogens is 431 g/mol. The van der Waals surface area contributed by atoms with Gasteiger partial charge in [0.2, 0.25) is 0 Å². The molecule has 1 N–H and O–H groups in total. The number of nitrogens with one attached hydrogen (secondary N) is 1. The monoisotopic (exact) mass is 471 g/mol. The molecule has 0 aliphatic rings. The standard InChI is InChI=1S/C30H41NSi2/c1-29(2,3)23-17-21(13-15-32(7,8)9)27-25(19-23)26-20-24(30(4,5)6)18-22(28(26)31-27)14-16-33(10,11)12/h17-20,31H,1-12H3. The Bertz CT molecular complexity index is 1230. The van der Waals surface area contributed by atoms with Crippen molar-refractivity contribution in [2.45, 2.75) is 91.7 Å². The van der Waals surface area contributed by atoms with E-state index in [0.29, 0.717) is 0 Å². The van der Waals surface area contributed by atoms with Gasteiger partial charge >= 0.3 is 0 Å². The van der Waals surface area contributed by atoms with Crippen molar-refractivity contribution in [1.29, 1.82) is 0 Å². The molecule has 0 aliphatic carbocycles. The fourth-order valence-electron chi connectivity index (χ4n) is 3.68. The Labute approximate surface area is 203 Å². The molecule has 33 heavy (non-hydrogen) atoms. The minimum absolute atomic E-state index is 0.0511. The van der Waals surface area contributed by atoms with Crippen LogP contribution in [0.2, 0.25) is 39.3 Å². The van der Waals surface area contributed by atoms with E-state index in [1.165, 1.54) is 21.9 Å². The molecule has 0 spiro atoms. The van der Waals surface area contributed by atoms with E-state index in [1.54, 1.807) is 0 Å². The fraction of sp³-hybridized carbons (Fsp3) is 0.467. The van der Waals surface area contributed by atoms with Gasteiger partial charge in [-0.3, -0.25) is 0 Å². The van der Waals surface area contributed by atoms with Crippen LogP contribution in [-0.4, -0.2) is 21.1 Å². The summed E-state index contributed by atoms with van der Waals surface area (Å²) >= 11 is 0. The molecule has 174 valence electrons. The number of aromatic amines is 1. The van der Waals surface area contributed by atoms with Gasteiger partial charge in [-0.2, -0.15) is 0 Å². The summed E-state index contributed by atoms with van der Waals surface area (Å²) in [4.78, 5) is 3.77. The van der Waals surface area contributed by atoms with Gasteiger partial charge in [0.1, 0.15) is 16.1 Å². The third-order valence-electron chi connectivity index (χ3n) is 5.69. The molecular formula is C30H41NSi2. The highest BCUT2D eigenvalue weighted by molar-refractivity contribution is 6.84. The largest absolute Gasteiger partial charge is 0.352 e. The smallest absolute Gasteiger partial charge is 0.129 e. The summed E-state index contributed by atoms with van der Waals surface area (Å²) in [5, 5.41) is 2.53. The Morgan fingerprint density at radius 2 is 0.909 bits per heavy atom. The maximum Gasteiger partial charge on any atom is 0.129 e. The molecule has 1 heterocycles. The van der Waals surface area contributed by atoms with Gasteiger partial charge in [0, 0.05) is 21.9 Å². The summed E-state index contributed by atoms with van der Waals surface area (Å²) in [6.45, 7) is 27.5. The summed E-state index contributed by atoms with van der Waals surface area (Å²) < 4.78 is 0. The van der Waals surface area contributed by atoms with Crippen LogP contribution >= 0.6 is 0 Å². The number of H-pyrrole nitrogens is 1. The summed E-state index contributed by atoms with van der Waals surface area (Å²) in [6.07, 6.45) is 0. The summed E-state index contributed by atoms with van der Waals surface area (Å²) in [7, 11) is -3.00. The predicted octanol–water partition coefficient (Wildman–Crippen LogP) is 8.37. The van der Waals surface area contributed by atoms with E-state index in [-0.39, 0.29) is 10.8 Å². The Hall–Kier alpha value is -2.21. The first-order valence-corrected chi connectivity index (χ1v) is 19.1. The van der Waals surface area contributed by atoms with Crippen LogP contribution in [0.25, 0.3) is 21.8 Å². The number of fused-ring (bicyclic) bond motifs is 3. The molecule has 0 atom stereocenters. The van der Waals surface area contributed by atoms with Gasteiger partial charge in [-0.05, 0) is 46.2 Å². The molecule has 0 unspecified atom stereocenters. The van der Waals surface area contributed by atoms with Crippen molar-refractivity contribution >= 4 is 38.0 Å². The molecule has 0 saturated carbocycles. The number of hydrogen-bond acceptors (Lipinski definition) is 0. The lowest BCUT2D eigenvalue weighted by Crippen LogP contribution is -2.16. The predicted molar refractivity (Wildman–Crippen MR) is 154 cm³/mol. The van der Waals surface area contributed by atoms with Crippen molar-refractivity contribution in [2.24, 2.45) is 0 Å². The highest BCUT2D eigenvalue weighted by Gasteiger charge is 2.22. The van der Waals surface area contributed by atoms with Crippen LogP contribution in [0.15, 0.2) is 24.3 Å². The fourth-order valence-corrected chi connectivity index (χ4v) is 4.70. The van der Waals surface area contributed by atoms with Crippen molar-refractivity contribution < 1.29 is 0 Å². The molecule has 0 radical (unpaired) electrons. The first-order chi connectivity index (χ1) is 14.9. The summed E-state index contributed by atoms with van der Waals surface area (Å²) in [5.41, 5.74) is 14.4.